The summed E-state index contributed by atoms with van der Waals surface area (Å²) < 4.78 is 0. The van der Waals surface area contributed by atoms with Crippen LogP contribution in [0, 0.1) is 5.92 Å². The quantitative estimate of drug-likeness (QED) is 0.817. The molecule has 16 heavy (non-hydrogen) atoms. The maximum Gasteiger partial charge on any atom is 0.0761 e. The summed E-state index contributed by atoms with van der Waals surface area (Å²) in [5, 5.41) is 12.8. The molecule has 2 N–H and O–H groups in total. The molecule has 1 aromatic carbocycles. The molecule has 1 heterocycles. The van der Waals surface area contributed by atoms with Crippen molar-refractivity contribution < 1.29 is 5.11 Å². The summed E-state index contributed by atoms with van der Waals surface area (Å²) in [7, 11) is 0. The molecule has 0 saturated carbocycles. The van der Waals surface area contributed by atoms with Crippen molar-refractivity contribution in [3.63, 3.8) is 0 Å². The van der Waals surface area contributed by atoms with E-state index in [1.165, 1.54) is 24.8 Å². The second kappa shape index (κ2) is 5.46. The molecule has 1 aromatic rings. The summed E-state index contributed by atoms with van der Waals surface area (Å²) >= 11 is 0. The van der Waals surface area contributed by atoms with Crippen molar-refractivity contribution >= 4 is 0 Å². The molecular weight excluding hydrogens is 198 g/mol. The molecule has 1 atom stereocenters. The molecule has 0 amide bonds. The van der Waals surface area contributed by atoms with Gasteiger partial charge in [-0.15, -0.1) is 0 Å². The zero-order valence-corrected chi connectivity index (χ0v) is 9.95. The molecule has 0 bridgehead atoms. The van der Waals surface area contributed by atoms with E-state index in [1.54, 1.807) is 0 Å². The predicted molar refractivity (Wildman–Crippen MR) is 66.4 cm³/mol. The second-order valence-electron chi connectivity index (χ2n) is 4.82. The van der Waals surface area contributed by atoms with Crippen LogP contribution in [-0.2, 0) is 6.42 Å². The first kappa shape index (κ1) is 11.6. The average Bonchev–Trinajstić information content (AvgIpc) is 2.31. The van der Waals surface area contributed by atoms with Crippen molar-refractivity contribution in [3.05, 3.63) is 35.4 Å². The lowest BCUT2D eigenvalue weighted by Crippen LogP contribution is -2.28. The van der Waals surface area contributed by atoms with Gasteiger partial charge in [-0.05, 0) is 56.3 Å². The van der Waals surface area contributed by atoms with E-state index in [9.17, 15) is 5.11 Å². The second-order valence-corrected chi connectivity index (χ2v) is 4.82. The summed E-state index contributed by atoms with van der Waals surface area (Å²) in [6.07, 6.45) is 3.41. The third kappa shape index (κ3) is 3.06. The van der Waals surface area contributed by atoms with Gasteiger partial charge in [0.25, 0.3) is 0 Å². The molecule has 0 radical (unpaired) electrons. The van der Waals surface area contributed by atoms with Crippen molar-refractivity contribution in [3.8, 4) is 0 Å². The summed E-state index contributed by atoms with van der Waals surface area (Å²) in [4.78, 5) is 0. The minimum Gasteiger partial charge on any atom is -0.389 e. The minimum absolute atomic E-state index is 0.354. The Bertz CT molecular complexity index is 312. The van der Waals surface area contributed by atoms with E-state index in [0.29, 0.717) is 0 Å². The topological polar surface area (TPSA) is 32.3 Å². The molecule has 0 spiro atoms. The molecule has 2 heteroatoms. The van der Waals surface area contributed by atoms with Crippen LogP contribution in [0.5, 0.6) is 0 Å². The monoisotopic (exact) mass is 219 g/mol. The van der Waals surface area contributed by atoms with Crippen LogP contribution in [-0.4, -0.2) is 18.2 Å². The molecule has 1 unspecified atom stereocenters. The maximum absolute atomic E-state index is 9.43. The first-order valence-corrected chi connectivity index (χ1v) is 6.23. The van der Waals surface area contributed by atoms with Crippen molar-refractivity contribution in [1.82, 2.24) is 5.32 Å². The van der Waals surface area contributed by atoms with Crippen LogP contribution in [0.1, 0.15) is 37.0 Å². The summed E-state index contributed by atoms with van der Waals surface area (Å²) in [6.45, 7) is 4.13. The van der Waals surface area contributed by atoms with Crippen LogP contribution in [0.2, 0.25) is 0 Å². The van der Waals surface area contributed by atoms with Gasteiger partial charge in [-0.2, -0.15) is 0 Å². The lowest BCUT2D eigenvalue weighted by molar-refractivity contribution is 0.199. The molecule has 1 fully saturated rings. The molecule has 1 aliphatic rings. The Balaban J connectivity index is 1.93. The number of piperidine rings is 1. The van der Waals surface area contributed by atoms with Crippen molar-refractivity contribution in [2.24, 2.45) is 5.92 Å². The average molecular weight is 219 g/mol. The number of nitrogens with one attached hydrogen (secondary N) is 1. The largest absolute Gasteiger partial charge is 0.389 e. The minimum atomic E-state index is -0.354. The highest BCUT2D eigenvalue weighted by Crippen LogP contribution is 2.19. The number of hydrogen-bond donors (Lipinski definition) is 2. The Morgan fingerprint density at radius 2 is 1.88 bits per heavy atom. The molecule has 0 aliphatic carbocycles. The number of benzene rings is 1. The van der Waals surface area contributed by atoms with Crippen molar-refractivity contribution in [2.45, 2.75) is 32.3 Å². The molecular formula is C14H21NO. The third-order valence-corrected chi connectivity index (χ3v) is 3.45. The van der Waals surface area contributed by atoms with Crippen LogP contribution < -0.4 is 5.32 Å². The Kier molecular flexibility index (Phi) is 3.97. The lowest BCUT2D eigenvalue weighted by atomic mass is 9.90. The number of aliphatic hydroxyl groups is 1. The van der Waals surface area contributed by atoms with Crippen LogP contribution in [0.3, 0.4) is 0 Å². The van der Waals surface area contributed by atoms with Crippen LogP contribution in [0.4, 0.5) is 0 Å². The molecule has 0 aromatic heterocycles. The van der Waals surface area contributed by atoms with E-state index in [2.05, 4.69) is 17.4 Å². The van der Waals surface area contributed by atoms with Gasteiger partial charge in [0.1, 0.15) is 0 Å². The number of hydrogen-bond acceptors (Lipinski definition) is 2. The zero-order valence-electron chi connectivity index (χ0n) is 9.95. The highest BCUT2D eigenvalue weighted by Gasteiger charge is 2.13. The van der Waals surface area contributed by atoms with Crippen molar-refractivity contribution in [2.75, 3.05) is 13.1 Å². The molecule has 2 nitrogen and oxygen atoms in total. The van der Waals surface area contributed by atoms with E-state index in [-0.39, 0.29) is 6.10 Å². The lowest BCUT2D eigenvalue weighted by Gasteiger charge is -2.22. The Labute approximate surface area is 97.7 Å². The van der Waals surface area contributed by atoms with Gasteiger partial charge in [-0.1, -0.05) is 24.3 Å². The summed E-state index contributed by atoms with van der Waals surface area (Å²) in [6, 6.07) is 8.40. The standard InChI is InChI=1S/C14H21NO/c1-11(16)14-4-2-12(3-5-14)10-13-6-8-15-9-7-13/h2-5,11,13,15-16H,6-10H2,1H3. The fraction of sp³-hybridized carbons (Fsp3) is 0.571. The Morgan fingerprint density at radius 1 is 1.25 bits per heavy atom. The first-order chi connectivity index (χ1) is 7.75. The SMILES string of the molecule is CC(O)c1ccc(CC2CCNCC2)cc1. The van der Waals surface area contributed by atoms with Gasteiger partial charge in [0, 0.05) is 0 Å². The Morgan fingerprint density at radius 3 is 2.44 bits per heavy atom. The summed E-state index contributed by atoms with van der Waals surface area (Å²) in [5.74, 6) is 0.832. The predicted octanol–water partition coefficient (Wildman–Crippen LogP) is 2.28. The van der Waals surface area contributed by atoms with E-state index >= 15 is 0 Å². The van der Waals surface area contributed by atoms with Crippen LogP contribution >= 0.6 is 0 Å². The third-order valence-electron chi connectivity index (χ3n) is 3.45. The van der Waals surface area contributed by atoms with E-state index < -0.39 is 0 Å². The maximum atomic E-state index is 9.43. The zero-order chi connectivity index (χ0) is 11.4. The highest BCUT2D eigenvalue weighted by molar-refractivity contribution is 5.24. The Hall–Kier alpha value is -0.860. The first-order valence-electron chi connectivity index (χ1n) is 6.23. The molecule has 1 aliphatic heterocycles. The van der Waals surface area contributed by atoms with Crippen molar-refractivity contribution in [1.29, 1.82) is 0 Å². The number of rotatable bonds is 3. The van der Waals surface area contributed by atoms with E-state index in [0.717, 1.165) is 24.6 Å². The highest BCUT2D eigenvalue weighted by atomic mass is 16.3. The van der Waals surface area contributed by atoms with Gasteiger partial charge in [0.15, 0.2) is 0 Å². The van der Waals surface area contributed by atoms with Crippen LogP contribution in [0.15, 0.2) is 24.3 Å². The summed E-state index contributed by atoms with van der Waals surface area (Å²) in [5.41, 5.74) is 2.41. The van der Waals surface area contributed by atoms with E-state index in [1.807, 2.05) is 19.1 Å². The van der Waals surface area contributed by atoms with Gasteiger partial charge in [0.05, 0.1) is 6.10 Å². The molecule has 88 valence electrons. The van der Waals surface area contributed by atoms with Gasteiger partial charge < -0.3 is 10.4 Å². The molecule has 1 saturated heterocycles. The van der Waals surface area contributed by atoms with Gasteiger partial charge in [0.2, 0.25) is 0 Å². The van der Waals surface area contributed by atoms with Gasteiger partial charge in [-0.3, -0.25) is 0 Å². The smallest absolute Gasteiger partial charge is 0.0761 e. The number of aliphatic hydroxyl groups excluding tert-OH is 1. The normalized spacial score (nSPS) is 19.6. The fourth-order valence-electron chi connectivity index (χ4n) is 2.35. The van der Waals surface area contributed by atoms with E-state index in [4.69, 9.17) is 0 Å². The fourth-order valence-corrected chi connectivity index (χ4v) is 2.35. The van der Waals surface area contributed by atoms with Crippen LogP contribution in [0.25, 0.3) is 0 Å². The van der Waals surface area contributed by atoms with Gasteiger partial charge in [-0.25, -0.2) is 0 Å². The molecule has 2 rings (SSSR count). The van der Waals surface area contributed by atoms with Gasteiger partial charge >= 0.3 is 0 Å².